The fourth-order valence-electron chi connectivity index (χ4n) is 3.53. The van der Waals surface area contributed by atoms with Gasteiger partial charge < -0.3 is 4.57 Å². The average Bonchev–Trinajstić information content (AvgIpc) is 3.05. The Morgan fingerprint density at radius 3 is 2.53 bits per heavy atom. The van der Waals surface area contributed by atoms with Crippen molar-refractivity contribution < 1.29 is 0 Å². The molecule has 2 aromatic heterocycles. The van der Waals surface area contributed by atoms with E-state index in [0.29, 0.717) is 5.95 Å². The summed E-state index contributed by atoms with van der Waals surface area (Å²) in [6.07, 6.45) is 3.98. The number of anilines is 1. The summed E-state index contributed by atoms with van der Waals surface area (Å²) in [5, 5.41) is 14.0. The van der Waals surface area contributed by atoms with E-state index in [1.54, 1.807) is 6.21 Å². The third-order valence-electron chi connectivity index (χ3n) is 5.26. The molecule has 0 aliphatic heterocycles. The molecule has 0 radical (unpaired) electrons. The molecule has 0 atom stereocenters. The second-order valence-corrected chi connectivity index (χ2v) is 8.57. The van der Waals surface area contributed by atoms with Crippen molar-refractivity contribution in [2.75, 3.05) is 5.43 Å². The minimum atomic E-state index is 0.138. The minimum Gasteiger partial charge on any atom is -0.324 e. The van der Waals surface area contributed by atoms with Gasteiger partial charge in [0, 0.05) is 11.9 Å². The number of rotatable bonds is 6. The summed E-state index contributed by atoms with van der Waals surface area (Å²) in [7, 11) is 0. The minimum absolute atomic E-state index is 0.138. The number of hydrogen-bond acceptors (Lipinski definition) is 5. The molecule has 30 heavy (non-hydrogen) atoms. The number of benzene rings is 2. The number of para-hydroxylation sites is 1. The number of aromatic nitrogens is 4. The van der Waals surface area contributed by atoms with Gasteiger partial charge in [-0.2, -0.15) is 10.1 Å². The van der Waals surface area contributed by atoms with Crippen LogP contribution >= 0.6 is 0 Å². The van der Waals surface area contributed by atoms with E-state index < -0.39 is 0 Å². The molecule has 2 aromatic carbocycles. The van der Waals surface area contributed by atoms with Gasteiger partial charge >= 0.3 is 0 Å². The molecule has 0 bridgehead atoms. The van der Waals surface area contributed by atoms with Gasteiger partial charge in [-0.05, 0) is 29.0 Å². The molecule has 6 nitrogen and oxygen atoms in total. The Morgan fingerprint density at radius 1 is 1.03 bits per heavy atom. The van der Waals surface area contributed by atoms with Gasteiger partial charge in [0.25, 0.3) is 5.95 Å². The molecule has 0 fully saturated rings. The molecule has 2 heterocycles. The Balaban J connectivity index is 1.59. The normalized spacial score (nSPS) is 12.3. The van der Waals surface area contributed by atoms with Crippen molar-refractivity contribution in [3.05, 3.63) is 59.7 Å². The van der Waals surface area contributed by atoms with Gasteiger partial charge in [0.15, 0.2) is 5.65 Å². The maximum absolute atomic E-state index is 4.71. The number of nitrogens with one attached hydrogen (secondary N) is 1. The topological polar surface area (TPSA) is 68.0 Å². The predicted molar refractivity (Wildman–Crippen MR) is 124 cm³/mol. The first-order chi connectivity index (χ1) is 14.5. The number of unbranched alkanes of at least 4 members (excludes halogenated alkanes) is 1. The summed E-state index contributed by atoms with van der Waals surface area (Å²) < 4.78 is 2.23. The Kier molecular flexibility index (Phi) is 5.48. The van der Waals surface area contributed by atoms with Crippen LogP contribution in [0.5, 0.6) is 0 Å². The zero-order valence-corrected chi connectivity index (χ0v) is 18.1. The van der Waals surface area contributed by atoms with Gasteiger partial charge in [-0.15, -0.1) is 10.2 Å². The molecule has 4 aromatic rings. The van der Waals surface area contributed by atoms with Gasteiger partial charge in [0.05, 0.1) is 11.7 Å². The number of nitrogens with zero attached hydrogens (tertiary/aromatic N) is 5. The van der Waals surface area contributed by atoms with Gasteiger partial charge in [-0.1, -0.05) is 76.6 Å². The zero-order valence-electron chi connectivity index (χ0n) is 18.1. The highest BCUT2D eigenvalue weighted by Crippen LogP contribution is 2.26. The quantitative estimate of drug-likeness (QED) is 0.342. The molecule has 6 heteroatoms. The molecule has 0 aliphatic carbocycles. The van der Waals surface area contributed by atoms with E-state index >= 15 is 0 Å². The standard InChI is InChI=1S/C24H28N6/c1-5-6-15-30-20-10-8-7-9-19(20)21-22(30)26-23(29-27-21)28-25-16-17-11-13-18(14-12-17)24(2,3)4/h7-14,16H,5-6,15H2,1-4H3,(H,26,28,29)/b25-16+. The van der Waals surface area contributed by atoms with Crippen LogP contribution in [0.3, 0.4) is 0 Å². The van der Waals surface area contributed by atoms with Crippen molar-refractivity contribution in [1.29, 1.82) is 0 Å². The van der Waals surface area contributed by atoms with E-state index in [4.69, 9.17) is 4.98 Å². The Bertz CT molecular complexity index is 1180. The van der Waals surface area contributed by atoms with Crippen LogP contribution in [0, 0.1) is 0 Å². The Labute approximate surface area is 177 Å². The average molecular weight is 401 g/mol. The maximum Gasteiger partial charge on any atom is 0.265 e. The van der Waals surface area contributed by atoms with E-state index in [1.807, 2.05) is 12.1 Å². The first-order valence-electron chi connectivity index (χ1n) is 10.5. The lowest BCUT2D eigenvalue weighted by atomic mass is 9.87. The van der Waals surface area contributed by atoms with Crippen molar-refractivity contribution in [3.63, 3.8) is 0 Å². The van der Waals surface area contributed by atoms with Crippen LogP contribution in [-0.4, -0.2) is 26.0 Å². The van der Waals surface area contributed by atoms with Crippen molar-refractivity contribution in [2.45, 2.75) is 52.5 Å². The highest BCUT2D eigenvalue weighted by atomic mass is 15.4. The monoisotopic (exact) mass is 400 g/mol. The second-order valence-electron chi connectivity index (χ2n) is 8.57. The lowest BCUT2D eigenvalue weighted by molar-refractivity contribution is 0.590. The second kappa shape index (κ2) is 8.22. The molecule has 0 saturated heterocycles. The van der Waals surface area contributed by atoms with E-state index in [9.17, 15) is 0 Å². The van der Waals surface area contributed by atoms with Crippen molar-refractivity contribution in [2.24, 2.45) is 5.10 Å². The van der Waals surface area contributed by atoms with Crippen molar-refractivity contribution in [3.8, 4) is 0 Å². The van der Waals surface area contributed by atoms with Crippen LogP contribution in [0.2, 0.25) is 0 Å². The molecule has 0 aliphatic rings. The number of fused-ring (bicyclic) bond motifs is 3. The fraction of sp³-hybridized carbons (Fsp3) is 0.333. The summed E-state index contributed by atoms with van der Waals surface area (Å²) in [6, 6.07) is 16.7. The fourth-order valence-corrected chi connectivity index (χ4v) is 3.53. The van der Waals surface area contributed by atoms with E-state index in [-0.39, 0.29) is 5.41 Å². The van der Waals surface area contributed by atoms with Crippen LogP contribution in [0.1, 0.15) is 51.7 Å². The molecular weight excluding hydrogens is 372 g/mol. The highest BCUT2D eigenvalue weighted by molar-refractivity contribution is 6.04. The molecular formula is C24H28N6. The molecule has 4 rings (SSSR count). The maximum atomic E-state index is 4.71. The van der Waals surface area contributed by atoms with Crippen LogP contribution < -0.4 is 5.43 Å². The summed E-state index contributed by atoms with van der Waals surface area (Å²) in [5.74, 6) is 0.394. The van der Waals surface area contributed by atoms with Gasteiger partial charge in [-0.25, -0.2) is 5.43 Å². The van der Waals surface area contributed by atoms with Crippen LogP contribution in [0.25, 0.3) is 22.1 Å². The molecule has 0 amide bonds. The van der Waals surface area contributed by atoms with E-state index in [2.05, 4.69) is 89.4 Å². The third-order valence-corrected chi connectivity index (χ3v) is 5.26. The first kappa shape index (κ1) is 20.0. The Morgan fingerprint density at radius 2 is 1.80 bits per heavy atom. The van der Waals surface area contributed by atoms with Crippen molar-refractivity contribution in [1.82, 2.24) is 19.7 Å². The summed E-state index contributed by atoms with van der Waals surface area (Å²) in [6.45, 7) is 9.71. The van der Waals surface area contributed by atoms with Crippen LogP contribution in [0.4, 0.5) is 5.95 Å². The summed E-state index contributed by atoms with van der Waals surface area (Å²) >= 11 is 0. The van der Waals surface area contributed by atoms with E-state index in [1.165, 1.54) is 5.56 Å². The van der Waals surface area contributed by atoms with Crippen LogP contribution in [0.15, 0.2) is 53.6 Å². The number of hydrogen-bond donors (Lipinski definition) is 1. The van der Waals surface area contributed by atoms with Crippen LogP contribution in [-0.2, 0) is 12.0 Å². The third kappa shape index (κ3) is 4.03. The lowest BCUT2D eigenvalue weighted by Gasteiger charge is -2.18. The smallest absolute Gasteiger partial charge is 0.265 e. The van der Waals surface area contributed by atoms with Gasteiger partial charge in [-0.3, -0.25) is 0 Å². The molecule has 0 saturated carbocycles. The molecule has 1 N–H and O–H groups in total. The Hall–Kier alpha value is -3.28. The molecule has 0 spiro atoms. The zero-order chi connectivity index (χ0) is 21.1. The van der Waals surface area contributed by atoms with E-state index in [0.717, 1.165) is 47.0 Å². The largest absolute Gasteiger partial charge is 0.324 e. The van der Waals surface area contributed by atoms with Gasteiger partial charge in [0.2, 0.25) is 0 Å². The highest BCUT2D eigenvalue weighted by Gasteiger charge is 2.14. The molecule has 0 unspecified atom stereocenters. The van der Waals surface area contributed by atoms with Crippen molar-refractivity contribution >= 4 is 34.2 Å². The SMILES string of the molecule is CCCCn1c2ccccc2c2nnc(N/N=C/c3ccc(C(C)(C)C)cc3)nc21. The number of aryl methyl sites for hydroxylation is 1. The predicted octanol–water partition coefficient (Wildman–Crippen LogP) is 5.52. The first-order valence-corrected chi connectivity index (χ1v) is 10.5. The lowest BCUT2D eigenvalue weighted by Crippen LogP contribution is -2.10. The van der Waals surface area contributed by atoms with Gasteiger partial charge in [0.1, 0.15) is 5.52 Å². The molecule has 154 valence electrons. The summed E-state index contributed by atoms with van der Waals surface area (Å²) in [5.41, 5.74) is 8.19. The number of hydrazone groups is 1. The summed E-state index contributed by atoms with van der Waals surface area (Å²) in [4.78, 5) is 4.71.